The molecule has 0 spiro atoms. The number of halogens is 1. The number of hydrogen-bond acceptors (Lipinski definition) is 3. The van der Waals surface area contributed by atoms with Crippen LogP contribution in [0.4, 0.5) is 5.69 Å². The first-order chi connectivity index (χ1) is 9.13. The van der Waals surface area contributed by atoms with E-state index in [-0.39, 0.29) is 12.5 Å². The van der Waals surface area contributed by atoms with E-state index < -0.39 is 0 Å². The van der Waals surface area contributed by atoms with Gasteiger partial charge in [-0.15, -0.1) is 6.42 Å². The standard InChI is InChI=1S/C14H11ClN2O2/c1-3-8-17(12-6-4-11(15)5-7-12)14(18)13-9-16-19-10(13)2/h1,4-7,9H,8H2,2H3. The zero-order valence-corrected chi connectivity index (χ0v) is 11.0. The fourth-order valence-electron chi connectivity index (χ4n) is 1.64. The van der Waals surface area contributed by atoms with Gasteiger partial charge >= 0.3 is 0 Å². The molecule has 0 radical (unpaired) electrons. The maximum Gasteiger partial charge on any atom is 0.264 e. The Kier molecular flexibility index (Phi) is 3.88. The number of terminal acetylenes is 1. The molecule has 5 heteroatoms. The molecule has 0 saturated carbocycles. The Balaban J connectivity index is 2.36. The summed E-state index contributed by atoms with van der Waals surface area (Å²) in [4.78, 5) is 13.9. The van der Waals surface area contributed by atoms with Crippen LogP contribution >= 0.6 is 11.6 Å². The summed E-state index contributed by atoms with van der Waals surface area (Å²) in [7, 11) is 0. The molecule has 4 nitrogen and oxygen atoms in total. The number of anilines is 1. The van der Waals surface area contributed by atoms with Crippen molar-refractivity contribution in [1.82, 2.24) is 5.16 Å². The minimum absolute atomic E-state index is 0.158. The van der Waals surface area contributed by atoms with Gasteiger partial charge in [-0.05, 0) is 31.2 Å². The van der Waals surface area contributed by atoms with Crippen LogP contribution in [0.1, 0.15) is 16.1 Å². The summed E-state index contributed by atoms with van der Waals surface area (Å²) in [6.45, 7) is 1.83. The number of hydrogen-bond donors (Lipinski definition) is 0. The molecule has 0 aliphatic heterocycles. The van der Waals surface area contributed by atoms with Crippen molar-refractivity contribution in [2.75, 3.05) is 11.4 Å². The third kappa shape index (κ3) is 2.78. The molecule has 0 N–H and O–H groups in total. The summed E-state index contributed by atoms with van der Waals surface area (Å²) >= 11 is 5.83. The van der Waals surface area contributed by atoms with Crippen molar-refractivity contribution >= 4 is 23.2 Å². The Morgan fingerprint density at radius 1 is 1.47 bits per heavy atom. The molecule has 1 aromatic heterocycles. The molecule has 2 aromatic rings. The second-order valence-electron chi connectivity index (χ2n) is 3.87. The highest BCUT2D eigenvalue weighted by Crippen LogP contribution is 2.20. The van der Waals surface area contributed by atoms with E-state index in [1.54, 1.807) is 31.2 Å². The lowest BCUT2D eigenvalue weighted by Gasteiger charge is -2.19. The molecule has 0 unspecified atom stereocenters. The van der Waals surface area contributed by atoms with Crippen LogP contribution in [0.2, 0.25) is 5.02 Å². The van der Waals surface area contributed by atoms with Crippen LogP contribution < -0.4 is 4.90 Å². The predicted molar refractivity (Wildman–Crippen MR) is 73.2 cm³/mol. The highest BCUT2D eigenvalue weighted by Gasteiger charge is 2.21. The smallest absolute Gasteiger partial charge is 0.264 e. The summed E-state index contributed by atoms with van der Waals surface area (Å²) in [5.74, 6) is 2.67. The normalized spacial score (nSPS) is 9.95. The Morgan fingerprint density at radius 2 is 2.16 bits per heavy atom. The lowest BCUT2D eigenvalue weighted by molar-refractivity contribution is 0.0988. The molecular weight excluding hydrogens is 264 g/mol. The number of aryl methyl sites for hydroxylation is 1. The van der Waals surface area contributed by atoms with E-state index in [9.17, 15) is 4.79 Å². The van der Waals surface area contributed by atoms with Crippen molar-refractivity contribution < 1.29 is 9.32 Å². The number of amides is 1. The number of nitrogens with zero attached hydrogens (tertiary/aromatic N) is 2. The van der Waals surface area contributed by atoms with Gasteiger partial charge in [0.1, 0.15) is 11.3 Å². The third-order valence-electron chi connectivity index (χ3n) is 2.61. The Bertz CT molecular complexity index is 626. The van der Waals surface area contributed by atoms with Crippen molar-refractivity contribution in [3.05, 3.63) is 46.8 Å². The molecular formula is C14H11ClN2O2. The molecule has 1 amide bonds. The molecule has 2 rings (SSSR count). The Morgan fingerprint density at radius 3 is 2.68 bits per heavy atom. The zero-order chi connectivity index (χ0) is 13.8. The van der Waals surface area contributed by atoms with Crippen LogP contribution in [0, 0.1) is 19.3 Å². The number of rotatable bonds is 3. The van der Waals surface area contributed by atoms with Crippen molar-refractivity contribution in [1.29, 1.82) is 0 Å². The molecule has 96 valence electrons. The van der Waals surface area contributed by atoms with Crippen LogP contribution in [0.5, 0.6) is 0 Å². The highest BCUT2D eigenvalue weighted by molar-refractivity contribution is 6.30. The number of carbonyl (C=O) groups is 1. The van der Waals surface area contributed by atoms with Gasteiger partial charge in [0.25, 0.3) is 5.91 Å². The zero-order valence-electron chi connectivity index (χ0n) is 10.3. The van der Waals surface area contributed by atoms with E-state index in [1.165, 1.54) is 11.1 Å². The van der Waals surface area contributed by atoms with E-state index in [0.717, 1.165) is 0 Å². The molecule has 0 aliphatic rings. The summed E-state index contributed by atoms with van der Waals surface area (Å²) in [6, 6.07) is 6.88. The molecule has 0 fully saturated rings. The average Bonchev–Trinajstić information content (AvgIpc) is 2.83. The molecule has 0 saturated heterocycles. The van der Waals surface area contributed by atoms with Crippen LogP contribution in [-0.2, 0) is 0 Å². The van der Waals surface area contributed by atoms with Gasteiger partial charge in [-0.3, -0.25) is 9.69 Å². The molecule has 1 aromatic carbocycles. The summed E-state index contributed by atoms with van der Waals surface area (Å²) in [6.07, 6.45) is 6.70. The van der Waals surface area contributed by atoms with Crippen LogP contribution in [0.3, 0.4) is 0 Å². The van der Waals surface area contributed by atoms with E-state index >= 15 is 0 Å². The van der Waals surface area contributed by atoms with Crippen molar-refractivity contribution in [2.24, 2.45) is 0 Å². The second-order valence-corrected chi connectivity index (χ2v) is 4.30. The Labute approximate surface area is 116 Å². The quantitative estimate of drug-likeness (QED) is 0.809. The van der Waals surface area contributed by atoms with Crippen molar-refractivity contribution in [2.45, 2.75) is 6.92 Å². The SMILES string of the molecule is C#CCN(C(=O)c1cnoc1C)c1ccc(Cl)cc1. The Hall–Kier alpha value is -2.25. The van der Waals surface area contributed by atoms with Crippen LogP contribution in [0.25, 0.3) is 0 Å². The second kappa shape index (κ2) is 5.59. The number of benzene rings is 1. The summed E-state index contributed by atoms with van der Waals surface area (Å²) in [5, 5.41) is 4.19. The first-order valence-corrected chi connectivity index (χ1v) is 5.93. The minimum atomic E-state index is -0.251. The van der Waals surface area contributed by atoms with Gasteiger partial charge in [-0.25, -0.2) is 0 Å². The molecule has 0 atom stereocenters. The van der Waals surface area contributed by atoms with Gasteiger partial charge < -0.3 is 4.52 Å². The fraction of sp³-hybridized carbons (Fsp3) is 0.143. The topological polar surface area (TPSA) is 46.3 Å². The highest BCUT2D eigenvalue weighted by atomic mass is 35.5. The van der Waals surface area contributed by atoms with Gasteiger partial charge in [-0.2, -0.15) is 0 Å². The third-order valence-corrected chi connectivity index (χ3v) is 2.87. The van der Waals surface area contributed by atoms with Gasteiger partial charge in [0.15, 0.2) is 0 Å². The molecule has 19 heavy (non-hydrogen) atoms. The van der Waals surface area contributed by atoms with Gasteiger partial charge in [-0.1, -0.05) is 22.7 Å². The summed E-state index contributed by atoms with van der Waals surface area (Å²) in [5.41, 5.74) is 1.07. The maximum atomic E-state index is 12.4. The fourth-order valence-corrected chi connectivity index (χ4v) is 1.77. The summed E-state index contributed by atoms with van der Waals surface area (Å²) < 4.78 is 4.90. The van der Waals surface area contributed by atoms with Crippen LogP contribution in [-0.4, -0.2) is 17.6 Å². The van der Waals surface area contributed by atoms with E-state index in [0.29, 0.717) is 22.0 Å². The van der Waals surface area contributed by atoms with Gasteiger partial charge in [0.2, 0.25) is 0 Å². The molecule has 0 bridgehead atoms. The van der Waals surface area contributed by atoms with E-state index in [1.807, 2.05) is 0 Å². The van der Waals surface area contributed by atoms with Crippen molar-refractivity contribution in [3.63, 3.8) is 0 Å². The average molecular weight is 275 g/mol. The maximum absolute atomic E-state index is 12.4. The minimum Gasteiger partial charge on any atom is -0.361 e. The first kappa shape index (κ1) is 13.2. The van der Waals surface area contributed by atoms with Crippen molar-refractivity contribution in [3.8, 4) is 12.3 Å². The van der Waals surface area contributed by atoms with E-state index in [2.05, 4.69) is 11.1 Å². The van der Waals surface area contributed by atoms with E-state index in [4.69, 9.17) is 22.5 Å². The lowest BCUT2D eigenvalue weighted by atomic mass is 10.2. The predicted octanol–water partition coefficient (Wildman–Crippen LogP) is 2.92. The monoisotopic (exact) mass is 274 g/mol. The van der Waals surface area contributed by atoms with Crippen LogP contribution in [0.15, 0.2) is 35.0 Å². The van der Waals surface area contributed by atoms with Gasteiger partial charge in [0, 0.05) is 10.7 Å². The number of aromatic nitrogens is 1. The lowest BCUT2D eigenvalue weighted by Crippen LogP contribution is -2.31. The molecule has 1 heterocycles. The first-order valence-electron chi connectivity index (χ1n) is 5.55. The number of carbonyl (C=O) groups excluding carboxylic acids is 1. The largest absolute Gasteiger partial charge is 0.361 e. The molecule has 0 aliphatic carbocycles. The van der Waals surface area contributed by atoms with Gasteiger partial charge in [0.05, 0.1) is 12.7 Å².